The van der Waals surface area contributed by atoms with Crippen LogP contribution in [0, 0.1) is 11.3 Å². The van der Waals surface area contributed by atoms with Gasteiger partial charge in [0.15, 0.2) is 6.04 Å². The molecule has 0 bridgehead atoms. The molecule has 2 fully saturated rings. The lowest BCUT2D eigenvalue weighted by atomic mass is 9.91. The van der Waals surface area contributed by atoms with Crippen LogP contribution >= 0.6 is 0 Å². The summed E-state index contributed by atoms with van der Waals surface area (Å²) in [5, 5.41) is 19.2. The maximum Gasteiger partial charge on any atom is 0.331 e. The molecule has 0 aromatic carbocycles. The van der Waals surface area contributed by atoms with Gasteiger partial charge < -0.3 is 15.7 Å². The summed E-state index contributed by atoms with van der Waals surface area (Å²) >= 11 is 0. The molecule has 2 atom stereocenters. The quantitative estimate of drug-likeness (QED) is 0.729. The number of aliphatic carboxylic acids is 1. The van der Waals surface area contributed by atoms with Crippen molar-refractivity contribution in [2.24, 2.45) is 18.4 Å². The summed E-state index contributed by atoms with van der Waals surface area (Å²) in [4.78, 5) is 23.7. The van der Waals surface area contributed by atoms with Crippen LogP contribution in [0.15, 0.2) is 12.4 Å². The molecule has 114 valence electrons. The summed E-state index contributed by atoms with van der Waals surface area (Å²) in [5.41, 5.74) is 0.603. The topological polar surface area (TPSA) is 96.2 Å². The highest BCUT2D eigenvalue weighted by molar-refractivity contribution is 5.88. The molecule has 2 aliphatic rings. The highest BCUT2D eigenvalue weighted by atomic mass is 16.4. The van der Waals surface area contributed by atoms with Gasteiger partial charge in [0.1, 0.15) is 0 Å². The van der Waals surface area contributed by atoms with E-state index in [4.69, 9.17) is 0 Å². The Hall–Kier alpha value is -1.89. The number of amides is 1. The molecule has 1 spiro atoms. The molecular weight excluding hydrogens is 272 g/mol. The molecule has 1 aliphatic heterocycles. The van der Waals surface area contributed by atoms with Crippen molar-refractivity contribution >= 4 is 11.9 Å². The summed E-state index contributed by atoms with van der Waals surface area (Å²) in [6.07, 6.45) is 5.96. The van der Waals surface area contributed by atoms with Gasteiger partial charge in [0.25, 0.3) is 0 Å². The molecule has 3 N–H and O–H groups in total. The molecule has 1 aromatic heterocycles. The van der Waals surface area contributed by atoms with Gasteiger partial charge in [0.05, 0.1) is 6.20 Å². The highest BCUT2D eigenvalue weighted by Gasteiger charge is 2.58. The SMILES string of the molecule is Cn1cc(C(NC(=O)C2CC23CCNCC3)C(=O)O)cn1. The van der Waals surface area contributed by atoms with Crippen molar-refractivity contribution in [1.82, 2.24) is 20.4 Å². The lowest BCUT2D eigenvalue weighted by molar-refractivity contribution is -0.142. The molecule has 2 heterocycles. The van der Waals surface area contributed by atoms with E-state index in [9.17, 15) is 14.7 Å². The Balaban J connectivity index is 1.67. The van der Waals surface area contributed by atoms with Crippen LogP contribution in [0.25, 0.3) is 0 Å². The van der Waals surface area contributed by atoms with Gasteiger partial charge in [-0.15, -0.1) is 0 Å². The van der Waals surface area contributed by atoms with Crippen LogP contribution in [-0.2, 0) is 16.6 Å². The number of nitrogens with zero attached hydrogens (tertiary/aromatic N) is 2. The average Bonchev–Trinajstić information content (AvgIpc) is 2.96. The minimum absolute atomic E-state index is 0.0434. The molecule has 1 saturated heterocycles. The van der Waals surface area contributed by atoms with E-state index in [1.165, 1.54) is 10.9 Å². The van der Waals surface area contributed by atoms with E-state index in [0.717, 1.165) is 32.4 Å². The molecule has 7 heteroatoms. The molecule has 2 unspecified atom stereocenters. The molecule has 1 amide bonds. The molecular formula is C14H20N4O3. The normalized spacial score (nSPS) is 24.5. The van der Waals surface area contributed by atoms with E-state index < -0.39 is 12.0 Å². The molecule has 1 saturated carbocycles. The van der Waals surface area contributed by atoms with Crippen molar-refractivity contribution in [3.8, 4) is 0 Å². The standard InChI is InChI=1S/C14H20N4O3/c1-18-8-9(7-16-18)11(13(20)21)17-12(19)10-6-14(10)2-4-15-5-3-14/h7-8,10-11,15H,2-6H2,1H3,(H,17,19)(H,20,21). The zero-order valence-corrected chi connectivity index (χ0v) is 12.0. The van der Waals surface area contributed by atoms with Crippen LogP contribution in [-0.4, -0.2) is 39.9 Å². The van der Waals surface area contributed by atoms with Crippen LogP contribution in [0.3, 0.4) is 0 Å². The van der Waals surface area contributed by atoms with Gasteiger partial charge in [-0.25, -0.2) is 4.79 Å². The first-order valence-electron chi connectivity index (χ1n) is 7.24. The average molecular weight is 292 g/mol. The van der Waals surface area contributed by atoms with Crippen LogP contribution in [0.1, 0.15) is 30.9 Å². The van der Waals surface area contributed by atoms with Gasteiger partial charge >= 0.3 is 5.97 Å². The number of piperidine rings is 1. The lowest BCUT2D eigenvalue weighted by Crippen LogP contribution is -2.37. The summed E-state index contributed by atoms with van der Waals surface area (Å²) in [6, 6.07) is -1.02. The number of hydrogen-bond donors (Lipinski definition) is 3. The third kappa shape index (κ3) is 2.65. The van der Waals surface area contributed by atoms with Crippen molar-refractivity contribution < 1.29 is 14.7 Å². The van der Waals surface area contributed by atoms with E-state index in [1.54, 1.807) is 13.2 Å². The maximum absolute atomic E-state index is 12.4. The molecule has 0 radical (unpaired) electrons. The van der Waals surface area contributed by atoms with Crippen LogP contribution in [0.5, 0.6) is 0 Å². The Bertz CT molecular complexity index is 562. The van der Waals surface area contributed by atoms with Gasteiger partial charge in [-0.1, -0.05) is 0 Å². The zero-order valence-electron chi connectivity index (χ0n) is 12.0. The van der Waals surface area contributed by atoms with Crippen molar-refractivity contribution in [3.05, 3.63) is 18.0 Å². The van der Waals surface area contributed by atoms with E-state index in [-0.39, 0.29) is 17.2 Å². The highest BCUT2D eigenvalue weighted by Crippen LogP contribution is 2.58. The van der Waals surface area contributed by atoms with E-state index in [0.29, 0.717) is 5.56 Å². The van der Waals surface area contributed by atoms with Gasteiger partial charge in [0, 0.05) is 24.7 Å². The summed E-state index contributed by atoms with van der Waals surface area (Å²) in [7, 11) is 1.72. The first-order chi connectivity index (χ1) is 10.0. The van der Waals surface area contributed by atoms with Gasteiger partial charge in [-0.05, 0) is 37.8 Å². The van der Waals surface area contributed by atoms with Crippen LogP contribution < -0.4 is 10.6 Å². The lowest BCUT2D eigenvalue weighted by Gasteiger charge is -2.23. The smallest absolute Gasteiger partial charge is 0.331 e. The third-order valence-corrected chi connectivity index (χ3v) is 4.70. The minimum atomic E-state index is -1.06. The number of carbonyl (C=O) groups is 2. The minimum Gasteiger partial charge on any atom is -0.479 e. The fourth-order valence-electron chi connectivity index (χ4n) is 3.32. The van der Waals surface area contributed by atoms with Gasteiger partial charge in [-0.2, -0.15) is 5.10 Å². The Morgan fingerprint density at radius 1 is 1.52 bits per heavy atom. The van der Waals surface area contributed by atoms with Crippen LogP contribution in [0.2, 0.25) is 0 Å². The van der Waals surface area contributed by atoms with Crippen LogP contribution in [0.4, 0.5) is 0 Å². The summed E-state index contributed by atoms with van der Waals surface area (Å²) in [5.74, 6) is -1.25. The number of aryl methyl sites for hydroxylation is 1. The monoisotopic (exact) mass is 292 g/mol. The Kier molecular flexibility index (Phi) is 3.44. The Labute approximate surface area is 122 Å². The molecule has 1 aromatic rings. The second-order valence-corrected chi connectivity index (χ2v) is 6.10. The number of carboxylic acid groups (broad SMARTS) is 1. The first kappa shape index (κ1) is 14.1. The van der Waals surface area contributed by atoms with E-state index in [1.807, 2.05) is 0 Å². The zero-order chi connectivity index (χ0) is 15.0. The summed E-state index contributed by atoms with van der Waals surface area (Å²) in [6.45, 7) is 1.88. The first-order valence-corrected chi connectivity index (χ1v) is 7.24. The van der Waals surface area contributed by atoms with Crippen molar-refractivity contribution in [3.63, 3.8) is 0 Å². The molecule has 1 aliphatic carbocycles. The van der Waals surface area contributed by atoms with Crippen molar-refractivity contribution in [2.75, 3.05) is 13.1 Å². The second-order valence-electron chi connectivity index (χ2n) is 6.10. The summed E-state index contributed by atoms with van der Waals surface area (Å²) < 4.78 is 1.53. The van der Waals surface area contributed by atoms with Gasteiger partial charge in [-0.3, -0.25) is 9.48 Å². The Morgan fingerprint density at radius 2 is 2.24 bits per heavy atom. The van der Waals surface area contributed by atoms with Crippen molar-refractivity contribution in [1.29, 1.82) is 0 Å². The van der Waals surface area contributed by atoms with E-state index >= 15 is 0 Å². The number of aromatic nitrogens is 2. The molecule has 21 heavy (non-hydrogen) atoms. The predicted molar refractivity (Wildman–Crippen MR) is 74.4 cm³/mol. The van der Waals surface area contributed by atoms with Crippen molar-refractivity contribution in [2.45, 2.75) is 25.3 Å². The fraction of sp³-hybridized carbons (Fsp3) is 0.643. The third-order valence-electron chi connectivity index (χ3n) is 4.70. The number of rotatable bonds is 4. The number of nitrogens with one attached hydrogen (secondary N) is 2. The maximum atomic E-state index is 12.4. The number of carbonyl (C=O) groups excluding carboxylic acids is 1. The van der Waals surface area contributed by atoms with E-state index in [2.05, 4.69) is 15.7 Å². The predicted octanol–water partition coefficient (Wildman–Crippen LogP) is 0.0517. The number of hydrogen-bond acceptors (Lipinski definition) is 4. The Morgan fingerprint density at radius 3 is 2.81 bits per heavy atom. The fourth-order valence-corrected chi connectivity index (χ4v) is 3.32. The molecule has 3 rings (SSSR count). The largest absolute Gasteiger partial charge is 0.479 e. The second kappa shape index (κ2) is 5.14. The molecule has 7 nitrogen and oxygen atoms in total. The van der Waals surface area contributed by atoms with Gasteiger partial charge in [0.2, 0.25) is 5.91 Å². The number of carboxylic acids is 1.